The zero-order valence-electron chi connectivity index (χ0n) is 10.6. The van der Waals surface area contributed by atoms with Crippen LogP contribution in [0.3, 0.4) is 0 Å². The normalized spacial score (nSPS) is 15.2. The molecule has 98 valence electrons. The van der Waals surface area contributed by atoms with E-state index >= 15 is 0 Å². The summed E-state index contributed by atoms with van der Waals surface area (Å²) in [4.78, 5) is 11.1. The third kappa shape index (κ3) is 3.27. The lowest BCUT2D eigenvalue weighted by atomic mass is 10.1. The molecule has 0 fully saturated rings. The molecule has 0 aromatic heterocycles. The first-order valence-electron chi connectivity index (χ1n) is 6.22. The van der Waals surface area contributed by atoms with Gasteiger partial charge in [0.25, 0.3) is 0 Å². The molecule has 0 aliphatic heterocycles. The maximum absolute atomic E-state index is 11.1. The minimum Gasteiger partial charge on any atom is -0.468 e. The fourth-order valence-electron chi connectivity index (χ4n) is 2.24. The van der Waals surface area contributed by atoms with E-state index in [9.17, 15) is 4.79 Å². The molecule has 0 heterocycles. The van der Waals surface area contributed by atoms with Crippen molar-refractivity contribution in [3.05, 3.63) is 34.9 Å². The number of hydrogen-bond acceptors (Lipinski definition) is 4. The number of nitrogens with two attached hydrogens (primary N) is 1. The summed E-state index contributed by atoms with van der Waals surface area (Å²) in [6, 6.07) is 6.19. The third-order valence-electron chi connectivity index (χ3n) is 3.23. The predicted molar refractivity (Wildman–Crippen MR) is 74.6 cm³/mol. The van der Waals surface area contributed by atoms with E-state index in [2.05, 4.69) is 22.9 Å². The van der Waals surface area contributed by atoms with Crippen LogP contribution in [0.2, 0.25) is 0 Å². The molecule has 4 heteroatoms. The highest BCUT2D eigenvalue weighted by Gasteiger charge is 2.14. The van der Waals surface area contributed by atoms with Gasteiger partial charge in [-0.1, -0.05) is 18.2 Å². The number of ether oxygens (including phenoxy) is 1. The summed E-state index contributed by atoms with van der Waals surface area (Å²) >= 11 is 1.68. The molecule has 1 aliphatic rings. The first kappa shape index (κ1) is 13.4. The molecule has 0 saturated heterocycles. The van der Waals surface area contributed by atoms with Gasteiger partial charge in [-0.3, -0.25) is 4.79 Å². The van der Waals surface area contributed by atoms with Gasteiger partial charge in [-0.25, -0.2) is 0 Å². The number of hydrogen-bond donors (Lipinski definition) is 1. The SMILES string of the molecule is COC(=O)C(N)CSCc1ccc2c(c1)CCC2. The predicted octanol–water partition coefficient (Wildman–Crippen LogP) is 1.91. The standard InChI is InChI=1S/C14H19NO2S/c1-17-14(16)13(15)9-18-8-10-5-6-11-3-2-4-12(11)7-10/h5-7,13H,2-4,8-9,15H2,1H3. The Balaban J connectivity index is 1.82. The summed E-state index contributed by atoms with van der Waals surface area (Å²) in [7, 11) is 1.37. The highest BCUT2D eigenvalue weighted by Crippen LogP contribution is 2.24. The fraction of sp³-hybridized carbons (Fsp3) is 0.500. The second kappa shape index (κ2) is 6.25. The van der Waals surface area contributed by atoms with Crippen LogP contribution in [0.4, 0.5) is 0 Å². The molecule has 0 bridgehead atoms. The molecule has 18 heavy (non-hydrogen) atoms. The van der Waals surface area contributed by atoms with Crippen LogP contribution in [-0.4, -0.2) is 24.9 Å². The molecular formula is C14H19NO2S. The van der Waals surface area contributed by atoms with Crippen molar-refractivity contribution in [3.8, 4) is 0 Å². The maximum atomic E-state index is 11.1. The number of aryl methyl sites for hydroxylation is 2. The second-order valence-corrected chi connectivity index (χ2v) is 5.63. The number of thioether (sulfide) groups is 1. The molecule has 0 spiro atoms. The maximum Gasteiger partial charge on any atom is 0.323 e. The van der Waals surface area contributed by atoms with Crippen molar-refractivity contribution in [3.63, 3.8) is 0 Å². The summed E-state index contributed by atoms with van der Waals surface area (Å²) in [6.45, 7) is 0. The first-order valence-corrected chi connectivity index (χ1v) is 7.38. The van der Waals surface area contributed by atoms with Gasteiger partial charge in [-0.05, 0) is 36.0 Å². The Kier molecular flexibility index (Phi) is 4.66. The monoisotopic (exact) mass is 265 g/mol. The van der Waals surface area contributed by atoms with E-state index in [0.717, 1.165) is 5.75 Å². The second-order valence-electron chi connectivity index (χ2n) is 4.60. The van der Waals surface area contributed by atoms with Crippen molar-refractivity contribution in [1.82, 2.24) is 0 Å². The molecule has 1 aliphatic carbocycles. The van der Waals surface area contributed by atoms with E-state index in [4.69, 9.17) is 5.73 Å². The Morgan fingerprint density at radius 2 is 2.22 bits per heavy atom. The van der Waals surface area contributed by atoms with E-state index in [0.29, 0.717) is 5.75 Å². The molecule has 3 nitrogen and oxygen atoms in total. The summed E-state index contributed by atoms with van der Waals surface area (Å²) in [5.74, 6) is 1.17. The van der Waals surface area contributed by atoms with Gasteiger partial charge < -0.3 is 10.5 Å². The van der Waals surface area contributed by atoms with Crippen LogP contribution >= 0.6 is 11.8 Å². The van der Waals surface area contributed by atoms with Crippen molar-refractivity contribution in [2.24, 2.45) is 5.73 Å². The average Bonchev–Trinajstić information content (AvgIpc) is 2.85. The van der Waals surface area contributed by atoms with Crippen LogP contribution in [0.15, 0.2) is 18.2 Å². The van der Waals surface area contributed by atoms with Crippen molar-refractivity contribution in [2.75, 3.05) is 12.9 Å². The van der Waals surface area contributed by atoms with Crippen LogP contribution in [0.1, 0.15) is 23.1 Å². The van der Waals surface area contributed by atoms with Gasteiger partial charge in [0.2, 0.25) is 0 Å². The van der Waals surface area contributed by atoms with E-state index in [-0.39, 0.29) is 5.97 Å². The van der Waals surface area contributed by atoms with E-state index in [1.54, 1.807) is 11.8 Å². The number of fused-ring (bicyclic) bond motifs is 1. The molecule has 1 unspecified atom stereocenters. The molecule has 1 atom stereocenters. The molecule has 1 aromatic rings. The van der Waals surface area contributed by atoms with Gasteiger partial charge in [0.15, 0.2) is 0 Å². The number of carbonyl (C=O) groups excluding carboxylic acids is 1. The molecule has 0 saturated carbocycles. The van der Waals surface area contributed by atoms with Crippen molar-refractivity contribution >= 4 is 17.7 Å². The number of esters is 1. The number of benzene rings is 1. The quantitative estimate of drug-likeness (QED) is 0.826. The van der Waals surface area contributed by atoms with Gasteiger partial charge in [-0.2, -0.15) is 11.8 Å². The molecule has 0 amide bonds. The average molecular weight is 265 g/mol. The molecule has 0 radical (unpaired) electrons. The van der Waals surface area contributed by atoms with Crippen molar-refractivity contribution in [1.29, 1.82) is 0 Å². The van der Waals surface area contributed by atoms with Gasteiger partial charge >= 0.3 is 5.97 Å². The van der Waals surface area contributed by atoms with Crippen LogP contribution in [0.25, 0.3) is 0 Å². The Labute approximate surface area is 112 Å². The van der Waals surface area contributed by atoms with Crippen LogP contribution in [-0.2, 0) is 28.1 Å². The summed E-state index contributed by atoms with van der Waals surface area (Å²) in [5, 5.41) is 0. The Morgan fingerprint density at radius 1 is 1.44 bits per heavy atom. The van der Waals surface area contributed by atoms with Crippen molar-refractivity contribution < 1.29 is 9.53 Å². The molecule has 2 N–H and O–H groups in total. The first-order chi connectivity index (χ1) is 8.70. The van der Waals surface area contributed by atoms with Gasteiger partial charge in [0.1, 0.15) is 6.04 Å². The smallest absolute Gasteiger partial charge is 0.323 e. The van der Waals surface area contributed by atoms with E-state index in [1.165, 1.54) is 43.1 Å². The summed E-state index contributed by atoms with van der Waals surface area (Å²) in [6.07, 6.45) is 3.70. The third-order valence-corrected chi connectivity index (χ3v) is 4.37. The highest BCUT2D eigenvalue weighted by molar-refractivity contribution is 7.98. The van der Waals surface area contributed by atoms with Crippen LogP contribution < -0.4 is 5.73 Å². The lowest BCUT2D eigenvalue weighted by Gasteiger charge is -2.09. The molecular weight excluding hydrogens is 246 g/mol. The van der Waals surface area contributed by atoms with Gasteiger partial charge in [0.05, 0.1) is 7.11 Å². The zero-order valence-corrected chi connectivity index (χ0v) is 11.5. The van der Waals surface area contributed by atoms with Gasteiger partial charge in [0, 0.05) is 11.5 Å². The topological polar surface area (TPSA) is 52.3 Å². The summed E-state index contributed by atoms with van der Waals surface area (Å²) < 4.78 is 4.60. The van der Waals surface area contributed by atoms with E-state index in [1.807, 2.05) is 0 Å². The Hall–Kier alpha value is -1.00. The highest BCUT2D eigenvalue weighted by atomic mass is 32.2. The Morgan fingerprint density at radius 3 is 3.00 bits per heavy atom. The summed E-state index contributed by atoms with van der Waals surface area (Å²) in [5.41, 5.74) is 9.99. The van der Waals surface area contributed by atoms with Crippen molar-refractivity contribution in [2.45, 2.75) is 31.1 Å². The van der Waals surface area contributed by atoms with Gasteiger partial charge in [-0.15, -0.1) is 0 Å². The Bertz CT molecular complexity index is 434. The van der Waals surface area contributed by atoms with E-state index < -0.39 is 6.04 Å². The minimum atomic E-state index is -0.519. The lowest BCUT2D eigenvalue weighted by molar-refractivity contribution is -0.141. The number of methoxy groups -OCH3 is 1. The lowest BCUT2D eigenvalue weighted by Crippen LogP contribution is -2.33. The number of carbonyl (C=O) groups is 1. The van der Waals surface area contributed by atoms with Crippen LogP contribution in [0, 0.1) is 0 Å². The molecule has 1 aromatic carbocycles. The zero-order chi connectivity index (χ0) is 13.0. The van der Waals surface area contributed by atoms with Crippen LogP contribution in [0.5, 0.6) is 0 Å². The largest absolute Gasteiger partial charge is 0.468 e. The fourth-order valence-corrected chi connectivity index (χ4v) is 3.16. The molecule has 2 rings (SSSR count). The minimum absolute atomic E-state index is 0.337. The number of rotatable bonds is 5.